The van der Waals surface area contributed by atoms with Gasteiger partial charge in [0.25, 0.3) is 0 Å². The van der Waals surface area contributed by atoms with Gasteiger partial charge in [-0.1, -0.05) is 24.3 Å². The first-order valence-electron chi connectivity index (χ1n) is 7.39. The summed E-state index contributed by atoms with van der Waals surface area (Å²) in [6, 6.07) is 7.40. The Morgan fingerprint density at radius 3 is 2.67 bits per heavy atom. The number of hydrogen-bond donors (Lipinski definition) is 2. The van der Waals surface area contributed by atoms with Crippen molar-refractivity contribution in [2.75, 3.05) is 13.1 Å². The number of rotatable bonds is 2. The number of carbonyl (C=O) groups is 2. The Morgan fingerprint density at radius 2 is 2.05 bits per heavy atom. The van der Waals surface area contributed by atoms with Crippen LogP contribution in [-0.2, 0) is 22.6 Å². The van der Waals surface area contributed by atoms with E-state index in [1.165, 1.54) is 0 Å². The summed E-state index contributed by atoms with van der Waals surface area (Å²) in [6.45, 7) is 3.94. The van der Waals surface area contributed by atoms with Gasteiger partial charge in [0, 0.05) is 19.5 Å². The number of nitrogens with one attached hydrogen (secondary N) is 1. The third-order valence-electron chi connectivity index (χ3n) is 4.72. The minimum atomic E-state index is -0.537. The molecule has 1 aromatic carbocycles. The average Bonchev–Trinajstić information content (AvgIpc) is 2.93. The summed E-state index contributed by atoms with van der Waals surface area (Å²) in [7, 11) is 0. The van der Waals surface area contributed by atoms with Crippen LogP contribution in [0, 0.1) is 5.41 Å². The van der Waals surface area contributed by atoms with Crippen LogP contribution in [0.25, 0.3) is 0 Å². The number of fused-ring (bicyclic) bond motifs is 1. The molecule has 2 amide bonds. The number of hydrogen-bond acceptors (Lipinski definition) is 3. The lowest BCUT2D eigenvalue weighted by atomic mass is 9.85. The van der Waals surface area contributed by atoms with Crippen LogP contribution in [-0.4, -0.2) is 35.8 Å². The normalized spacial score (nSPS) is 28.2. The third-order valence-corrected chi connectivity index (χ3v) is 4.72. The monoisotopic (exact) mass is 287 g/mol. The molecular weight excluding hydrogens is 266 g/mol. The summed E-state index contributed by atoms with van der Waals surface area (Å²) >= 11 is 0. The molecule has 0 aromatic heterocycles. The topological polar surface area (TPSA) is 75.4 Å². The van der Waals surface area contributed by atoms with Crippen molar-refractivity contribution < 1.29 is 9.59 Å². The van der Waals surface area contributed by atoms with Crippen molar-refractivity contribution in [1.29, 1.82) is 0 Å². The lowest BCUT2D eigenvalue weighted by molar-refractivity contribution is -0.148. The molecule has 0 bridgehead atoms. The van der Waals surface area contributed by atoms with Gasteiger partial charge in [-0.15, -0.1) is 0 Å². The van der Waals surface area contributed by atoms with Crippen molar-refractivity contribution in [3.8, 4) is 0 Å². The molecule has 2 aliphatic heterocycles. The number of amides is 2. The lowest BCUT2D eigenvalue weighted by Gasteiger charge is -2.39. The molecule has 1 unspecified atom stereocenters. The van der Waals surface area contributed by atoms with Crippen molar-refractivity contribution >= 4 is 11.8 Å². The van der Waals surface area contributed by atoms with Crippen molar-refractivity contribution in [1.82, 2.24) is 10.2 Å². The highest BCUT2D eigenvalue weighted by molar-refractivity contribution is 5.90. The molecule has 3 N–H and O–H groups in total. The van der Waals surface area contributed by atoms with Gasteiger partial charge in [0.15, 0.2) is 0 Å². The van der Waals surface area contributed by atoms with Gasteiger partial charge in [-0.25, -0.2) is 0 Å². The second-order valence-corrected chi connectivity index (χ2v) is 6.31. The van der Waals surface area contributed by atoms with Crippen LogP contribution in [0.2, 0.25) is 0 Å². The molecule has 2 aliphatic rings. The Kier molecular flexibility index (Phi) is 3.45. The van der Waals surface area contributed by atoms with Gasteiger partial charge in [0.05, 0.1) is 5.41 Å². The Hall–Kier alpha value is -1.88. The summed E-state index contributed by atoms with van der Waals surface area (Å²) in [5.74, 6) is -0.391. The second-order valence-electron chi connectivity index (χ2n) is 6.31. The van der Waals surface area contributed by atoms with E-state index in [0.717, 1.165) is 24.1 Å². The Bertz CT molecular complexity index is 579. The molecule has 0 saturated carbocycles. The summed E-state index contributed by atoms with van der Waals surface area (Å²) in [5.41, 5.74) is 7.34. The highest BCUT2D eigenvalue weighted by Crippen LogP contribution is 2.32. The fraction of sp³-hybridized carbons (Fsp3) is 0.500. The van der Waals surface area contributed by atoms with E-state index in [-0.39, 0.29) is 5.91 Å². The van der Waals surface area contributed by atoms with E-state index in [1.54, 1.807) is 4.90 Å². The maximum Gasteiger partial charge on any atom is 0.240 e. The number of carbonyl (C=O) groups excluding carboxylic acids is 2. The van der Waals surface area contributed by atoms with Crippen molar-refractivity contribution in [3.05, 3.63) is 35.4 Å². The van der Waals surface area contributed by atoms with Gasteiger partial charge in [-0.3, -0.25) is 9.59 Å². The zero-order chi connectivity index (χ0) is 15.0. The van der Waals surface area contributed by atoms with Crippen molar-refractivity contribution in [2.24, 2.45) is 11.1 Å². The molecule has 0 aliphatic carbocycles. The highest BCUT2D eigenvalue weighted by Gasteiger charge is 2.43. The number of nitrogens with zero attached hydrogens (tertiary/aromatic N) is 1. The minimum Gasteiger partial charge on any atom is -0.368 e. The molecule has 21 heavy (non-hydrogen) atoms. The Morgan fingerprint density at radius 1 is 1.33 bits per heavy atom. The van der Waals surface area contributed by atoms with Gasteiger partial charge in [-0.2, -0.15) is 0 Å². The molecule has 112 valence electrons. The molecule has 2 heterocycles. The van der Waals surface area contributed by atoms with E-state index in [2.05, 4.69) is 5.32 Å². The van der Waals surface area contributed by atoms with Crippen molar-refractivity contribution in [3.63, 3.8) is 0 Å². The predicted octanol–water partition coefficient (Wildman–Crippen LogP) is 0.425. The first-order valence-corrected chi connectivity index (χ1v) is 7.39. The largest absolute Gasteiger partial charge is 0.368 e. The summed E-state index contributed by atoms with van der Waals surface area (Å²) in [6.07, 6.45) is 1.32. The molecule has 3 rings (SSSR count). The van der Waals surface area contributed by atoms with Gasteiger partial charge in [0.1, 0.15) is 6.04 Å². The van der Waals surface area contributed by atoms with E-state index in [0.29, 0.717) is 19.5 Å². The Balaban J connectivity index is 1.92. The predicted molar refractivity (Wildman–Crippen MR) is 79.3 cm³/mol. The van der Waals surface area contributed by atoms with Gasteiger partial charge < -0.3 is 16.0 Å². The Labute approximate surface area is 124 Å². The number of nitrogens with two attached hydrogens (primary N) is 1. The molecule has 1 saturated heterocycles. The number of benzene rings is 1. The summed E-state index contributed by atoms with van der Waals surface area (Å²) in [5, 5.41) is 3.23. The smallest absolute Gasteiger partial charge is 0.240 e. The standard InChI is InChI=1S/C16H21N3O2/c1-16(6-7-18-10-16)15(21)19-9-12-5-3-2-4-11(12)8-13(19)14(17)20/h2-5,13,18H,6-10H2,1H3,(H2,17,20)/t13-,16?/m0/s1. The highest BCUT2D eigenvalue weighted by atomic mass is 16.2. The summed E-state index contributed by atoms with van der Waals surface area (Å²) < 4.78 is 0. The average molecular weight is 287 g/mol. The molecule has 2 atom stereocenters. The van der Waals surface area contributed by atoms with Gasteiger partial charge in [-0.05, 0) is 31.0 Å². The van der Waals surface area contributed by atoms with E-state index in [9.17, 15) is 9.59 Å². The molecule has 5 nitrogen and oxygen atoms in total. The van der Waals surface area contributed by atoms with Crippen LogP contribution in [0.3, 0.4) is 0 Å². The second kappa shape index (κ2) is 5.15. The van der Waals surface area contributed by atoms with Crippen LogP contribution in [0.4, 0.5) is 0 Å². The zero-order valence-electron chi connectivity index (χ0n) is 12.3. The van der Waals surface area contributed by atoms with E-state index in [1.807, 2.05) is 31.2 Å². The maximum atomic E-state index is 12.9. The fourth-order valence-corrected chi connectivity index (χ4v) is 3.34. The van der Waals surface area contributed by atoms with E-state index < -0.39 is 17.4 Å². The van der Waals surface area contributed by atoms with Gasteiger partial charge >= 0.3 is 0 Å². The van der Waals surface area contributed by atoms with E-state index >= 15 is 0 Å². The summed E-state index contributed by atoms with van der Waals surface area (Å²) in [4.78, 5) is 26.4. The van der Waals surface area contributed by atoms with Crippen LogP contribution in [0.15, 0.2) is 24.3 Å². The van der Waals surface area contributed by atoms with Crippen molar-refractivity contribution in [2.45, 2.75) is 32.4 Å². The SMILES string of the molecule is CC1(C(=O)N2Cc3ccccc3C[C@H]2C(N)=O)CCNC1. The fourth-order valence-electron chi connectivity index (χ4n) is 3.34. The van der Waals surface area contributed by atoms with Crippen LogP contribution in [0.1, 0.15) is 24.5 Å². The first-order chi connectivity index (χ1) is 10.0. The number of primary amides is 1. The zero-order valence-corrected chi connectivity index (χ0v) is 12.3. The quantitative estimate of drug-likeness (QED) is 0.828. The molecule has 5 heteroatoms. The van der Waals surface area contributed by atoms with Crippen LogP contribution >= 0.6 is 0 Å². The minimum absolute atomic E-state index is 0.0332. The molecule has 1 aromatic rings. The molecule has 1 fully saturated rings. The maximum absolute atomic E-state index is 12.9. The van der Waals surface area contributed by atoms with E-state index in [4.69, 9.17) is 5.73 Å². The third kappa shape index (κ3) is 2.42. The molecule has 0 radical (unpaired) electrons. The lowest BCUT2D eigenvalue weighted by Crippen LogP contribution is -2.55. The van der Waals surface area contributed by atoms with Crippen LogP contribution in [0.5, 0.6) is 0 Å². The van der Waals surface area contributed by atoms with Crippen LogP contribution < -0.4 is 11.1 Å². The van der Waals surface area contributed by atoms with Gasteiger partial charge in [0.2, 0.25) is 11.8 Å². The molecule has 0 spiro atoms. The first kappa shape index (κ1) is 14.1. The molecular formula is C16H21N3O2.